The highest BCUT2D eigenvalue weighted by Crippen LogP contribution is 2.28. The third kappa shape index (κ3) is 3.36. The monoisotopic (exact) mass is 368 g/mol. The number of thiophene rings is 1. The summed E-state index contributed by atoms with van der Waals surface area (Å²) in [6.45, 7) is 2.14. The number of nitrogens with one attached hydrogen (secondary N) is 2. The van der Waals surface area contributed by atoms with Crippen LogP contribution in [0.5, 0.6) is 0 Å². The SMILES string of the molecule is Cn1cc([C@H]2CNC[C@@H]2C(=O)NCc2cc(Br)cs2)cn1. The van der Waals surface area contributed by atoms with Gasteiger partial charge in [0.05, 0.1) is 18.7 Å². The summed E-state index contributed by atoms with van der Waals surface area (Å²) in [6, 6.07) is 2.04. The van der Waals surface area contributed by atoms with Crippen LogP contribution in [-0.4, -0.2) is 28.8 Å². The first kappa shape index (κ1) is 14.7. The second-order valence-electron chi connectivity index (χ2n) is 5.27. The Bertz CT molecular complexity index is 638. The zero-order valence-corrected chi connectivity index (χ0v) is 14.1. The van der Waals surface area contributed by atoms with Crippen molar-refractivity contribution in [2.24, 2.45) is 13.0 Å². The molecule has 0 unspecified atom stereocenters. The standard InChI is InChI=1S/C14H17BrN4OS/c1-19-7-9(3-18-19)12-5-16-6-13(12)14(20)17-4-11-2-10(15)8-21-11/h2-3,7-8,12-13,16H,4-6H2,1H3,(H,17,20)/t12-,13+/m1/s1. The molecule has 1 aliphatic rings. The summed E-state index contributed by atoms with van der Waals surface area (Å²) >= 11 is 5.07. The van der Waals surface area contributed by atoms with Crippen molar-refractivity contribution in [3.05, 3.63) is 38.8 Å². The highest BCUT2D eigenvalue weighted by atomic mass is 79.9. The van der Waals surface area contributed by atoms with Gasteiger partial charge in [-0.05, 0) is 27.6 Å². The largest absolute Gasteiger partial charge is 0.351 e. The minimum Gasteiger partial charge on any atom is -0.351 e. The zero-order valence-electron chi connectivity index (χ0n) is 11.7. The van der Waals surface area contributed by atoms with Crippen molar-refractivity contribution < 1.29 is 4.79 Å². The molecule has 1 aliphatic heterocycles. The van der Waals surface area contributed by atoms with Gasteiger partial charge in [-0.1, -0.05) is 0 Å². The fourth-order valence-corrected chi connectivity index (χ4v) is 4.08. The Hall–Kier alpha value is -1.18. The molecule has 5 nitrogen and oxygen atoms in total. The lowest BCUT2D eigenvalue weighted by molar-refractivity contribution is -0.124. The van der Waals surface area contributed by atoms with Crippen molar-refractivity contribution in [2.75, 3.05) is 13.1 Å². The van der Waals surface area contributed by atoms with Crippen LogP contribution in [0.25, 0.3) is 0 Å². The first-order chi connectivity index (χ1) is 10.1. The average Bonchev–Trinajstić information content (AvgIpc) is 3.16. The first-order valence-electron chi connectivity index (χ1n) is 6.83. The van der Waals surface area contributed by atoms with E-state index in [0.717, 1.165) is 28.0 Å². The van der Waals surface area contributed by atoms with E-state index in [-0.39, 0.29) is 17.7 Å². The lowest BCUT2D eigenvalue weighted by Crippen LogP contribution is -2.33. The van der Waals surface area contributed by atoms with Crippen LogP contribution in [0.3, 0.4) is 0 Å². The van der Waals surface area contributed by atoms with Crippen LogP contribution in [0.2, 0.25) is 0 Å². The van der Waals surface area contributed by atoms with Crippen molar-refractivity contribution >= 4 is 33.2 Å². The molecule has 0 spiro atoms. The van der Waals surface area contributed by atoms with Crippen molar-refractivity contribution in [1.82, 2.24) is 20.4 Å². The third-order valence-corrected chi connectivity index (χ3v) is 5.46. The Labute approximate surface area is 135 Å². The van der Waals surface area contributed by atoms with Crippen LogP contribution < -0.4 is 10.6 Å². The van der Waals surface area contributed by atoms with Crippen LogP contribution in [0, 0.1) is 5.92 Å². The Morgan fingerprint density at radius 3 is 3.14 bits per heavy atom. The molecular formula is C14H17BrN4OS. The summed E-state index contributed by atoms with van der Waals surface area (Å²) in [5.74, 6) is 0.282. The molecule has 0 aliphatic carbocycles. The number of carbonyl (C=O) groups excluding carboxylic acids is 1. The van der Waals surface area contributed by atoms with Gasteiger partial charge in [-0.3, -0.25) is 9.48 Å². The fourth-order valence-electron chi connectivity index (χ4n) is 2.69. The Morgan fingerprint density at radius 1 is 1.62 bits per heavy atom. The summed E-state index contributed by atoms with van der Waals surface area (Å²) < 4.78 is 2.85. The van der Waals surface area contributed by atoms with Crippen molar-refractivity contribution in [1.29, 1.82) is 0 Å². The maximum atomic E-state index is 12.4. The Morgan fingerprint density at radius 2 is 2.48 bits per heavy atom. The smallest absolute Gasteiger partial charge is 0.225 e. The lowest BCUT2D eigenvalue weighted by atomic mass is 9.90. The molecule has 7 heteroatoms. The van der Waals surface area contributed by atoms with E-state index in [0.29, 0.717) is 6.54 Å². The zero-order chi connectivity index (χ0) is 14.8. The molecule has 3 rings (SSSR count). The van der Waals surface area contributed by atoms with Gasteiger partial charge in [0.2, 0.25) is 5.91 Å². The van der Waals surface area contributed by atoms with E-state index in [1.165, 1.54) is 0 Å². The van der Waals surface area contributed by atoms with Gasteiger partial charge in [-0.15, -0.1) is 11.3 Å². The molecule has 0 radical (unpaired) electrons. The summed E-state index contributed by atoms with van der Waals surface area (Å²) in [5.41, 5.74) is 1.13. The molecule has 2 aromatic rings. The molecular weight excluding hydrogens is 352 g/mol. The highest BCUT2D eigenvalue weighted by molar-refractivity contribution is 9.10. The number of aryl methyl sites for hydroxylation is 1. The van der Waals surface area contributed by atoms with Crippen LogP contribution in [0.15, 0.2) is 28.3 Å². The van der Waals surface area contributed by atoms with Gasteiger partial charge in [-0.25, -0.2) is 0 Å². The quantitative estimate of drug-likeness (QED) is 0.865. The van der Waals surface area contributed by atoms with Crippen LogP contribution >= 0.6 is 27.3 Å². The van der Waals surface area contributed by atoms with E-state index in [1.807, 2.05) is 30.9 Å². The predicted octanol–water partition coefficient (Wildman–Crippen LogP) is 1.86. The maximum Gasteiger partial charge on any atom is 0.225 e. The van der Waals surface area contributed by atoms with Gasteiger partial charge in [-0.2, -0.15) is 5.10 Å². The number of hydrogen-bond acceptors (Lipinski definition) is 4. The van der Waals surface area contributed by atoms with Crippen LogP contribution in [-0.2, 0) is 18.4 Å². The average molecular weight is 369 g/mol. The molecule has 3 heterocycles. The minimum absolute atomic E-state index is 0.0300. The summed E-state index contributed by atoms with van der Waals surface area (Å²) in [4.78, 5) is 13.6. The molecule has 1 fully saturated rings. The minimum atomic E-state index is -0.0300. The number of aromatic nitrogens is 2. The summed E-state index contributed by atoms with van der Waals surface area (Å²) in [7, 11) is 1.90. The number of rotatable bonds is 4. The van der Waals surface area contributed by atoms with Gasteiger partial charge in [0.15, 0.2) is 0 Å². The number of hydrogen-bond donors (Lipinski definition) is 2. The molecule has 0 saturated carbocycles. The van der Waals surface area contributed by atoms with Crippen molar-refractivity contribution in [3.63, 3.8) is 0 Å². The van der Waals surface area contributed by atoms with E-state index in [1.54, 1.807) is 16.0 Å². The molecule has 112 valence electrons. The molecule has 1 amide bonds. The summed E-state index contributed by atoms with van der Waals surface area (Å²) in [5, 5.41) is 12.6. The van der Waals surface area contributed by atoms with Gasteiger partial charge in [0, 0.05) is 47.0 Å². The van der Waals surface area contributed by atoms with Gasteiger partial charge < -0.3 is 10.6 Å². The van der Waals surface area contributed by atoms with Crippen molar-refractivity contribution in [2.45, 2.75) is 12.5 Å². The van der Waals surface area contributed by atoms with Crippen LogP contribution in [0.4, 0.5) is 0 Å². The van der Waals surface area contributed by atoms with E-state index in [9.17, 15) is 4.79 Å². The molecule has 21 heavy (non-hydrogen) atoms. The molecule has 0 aromatic carbocycles. The molecule has 2 N–H and O–H groups in total. The van der Waals surface area contributed by atoms with Gasteiger partial charge in [0.25, 0.3) is 0 Å². The van der Waals surface area contributed by atoms with E-state index < -0.39 is 0 Å². The first-order valence-corrected chi connectivity index (χ1v) is 8.50. The predicted molar refractivity (Wildman–Crippen MR) is 86.2 cm³/mol. The lowest BCUT2D eigenvalue weighted by Gasteiger charge is -2.16. The van der Waals surface area contributed by atoms with Gasteiger partial charge in [0.1, 0.15) is 0 Å². The molecule has 1 saturated heterocycles. The normalized spacial score (nSPS) is 21.6. The number of nitrogens with zero attached hydrogens (tertiary/aromatic N) is 2. The fraction of sp³-hybridized carbons (Fsp3) is 0.429. The second-order valence-corrected chi connectivity index (χ2v) is 7.18. The Kier molecular flexibility index (Phi) is 4.42. The van der Waals surface area contributed by atoms with Gasteiger partial charge >= 0.3 is 0 Å². The molecule has 2 aromatic heterocycles. The van der Waals surface area contributed by atoms with Crippen molar-refractivity contribution in [3.8, 4) is 0 Å². The second kappa shape index (κ2) is 6.29. The van der Waals surface area contributed by atoms with E-state index >= 15 is 0 Å². The summed E-state index contributed by atoms with van der Waals surface area (Å²) in [6.07, 6.45) is 3.85. The van der Waals surface area contributed by atoms with E-state index in [2.05, 4.69) is 31.7 Å². The Balaban J connectivity index is 1.63. The number of carbonyl (C=O) groups is 1. The molecule has 0 bridgehead atoms. The topological polar surface area (TPSA) is 59.0 Å². The number of halogens is 1. The van der Waals surface area contributed by atoms with E-state index in [4.69, 9.17) is 0 Å². The maximum absolute atomic E-state index is 12.4. The van der Waals surface area contributed by atoms with Crippen LogP contribution in [0.1, 0.15) is 16.4 Å². The molecule has 2 atom stereocenters. The highest BCUT2D eigenvalue weighted by Gasteiger charge is 2.34. The number of amides is 1. The third-order valence-electron chi connectivity index (χ3n) is 3.76.